The number of piperidine rings is 1. The van der Waals surface area contributed by atoms with Gasteiger partial charge in [-0.25, -0.2) is 15.0 Å². The number of nitrogens with one attached hydrogen (secondary N) is 2. The summed E-state index contributed by atoms with van der Waals surface area (Å²) in [7, 11) is 0. The Morgan fingerprint density at radius 1 is 1.18 bits per heavy atom. The maximum Gasteiger partial charge on any atom is 0.262 e. The van der Waals surface area contributed by atoms with Crippen molar-refractivity contribution in [1.29, 1.82) is 0 Å². The van der Waals surface area contributed by atoms with Crippen molar-refractivity contribution in [2.24, 2.45) is 5.92 Å². The van der Waals surface area contributed by atoms with Crippen LogP contribution < -0.4 is 21.3 Å². The van der Waals surface area contributed by atoms with E-state index in [0.717, 1.165) is 29.1 Å². The summed E-state index contributed by atoms with van der Waals surface area (Å²) in [6, 6.07) is 7.21. The molecule has 0 saturated carbocycles. The summed E-state index contributed by atoms with van der Waals surface area (Å²) in [4.78, 5) is 43.7. The van der Waals surface area contributed by atoms with Crippen LogP contribution >= 0.6 is 11.3 Å². The molecule has 176 valence electrons. The average molecular weight is 478 g/mol. The normalized spacial score (nSPS) is 14.6. The Kier molecular flexibility index (Phi) is 5.91. The second kappa shape index (κ2) is 9.02. The summed E-state index contributed by atoms with van der Waals surface area (Å²) in [5.74, 6) is 1.06. The second-order valence-electron chi connectivity index (χ2n) is 8.54. The Hall–Kier alpha value is -3.53. The molecule has 4 aromatic rings. The van der Waals surface area contributed by atoms with Crippen LogP contribution in [-0.2, 0) is 11.3 Å². The maximum atomic E-state index is 12.9. The Bertz CT molecular complexity index is 1440. The number of carbonyl (C=O) groups excluding carboxylic acids is 1. The number of aromatic nitrogens is 4. The van der Waals surface area contributed by atoms with Crippen molar-refractivity contribution >= 4 is 50.1 Å². The summed E-state index contributed by atoms with van der Waals surface area (Å²) in [5.41, 5.74) is 7.36. The van der Waals surface area contributed by atoms with Crippen molar-refractivity contribution in [1.82, 2.24) is 24.9 Å². The van der Waals surface area contributed by atoms with E-state index in [-0.39, 0.29) is 17.4 Å². The van der Waals surface area contributed by atoms with E-state index in [2.05, 4.69) is 44.6 Å². The number of benzene rings is 1. The first kappa shape index (κ1) is 22.3. The number of nitrogens with zero attached hydrogens (tertiary/aromatic N) is 5. The number of carbonyl (C=O) groups is 1. The van der Waals surface area contributed by atoms with Crippen LogP contribution in [-0.4, -0.2) is 38.5 Å². The minimum Gasteiger partial charge on any atom is -0.356 e. The van der Waals surface area contributed by atoms with Crippen LogP contribution in [0.1, 0.15) is 30.2 Å². The number of hydrogen-bond acceptors (Lipinski definition) is 8. The van der Waals surface area contributed by atoms with Gasteiger partial charge in [-0.2, -0.15) is 0 Å². The van der Waals surface area contributed by atoms with Crippen LogP contribution in [0.25, 0.3) is 21.1 Å². The molecule has 0 atom stereocenters. The number of amides is 1. The van der Waals surface area contributed by atoms with Gasteiger partial charge in [0.25, 0.3) is 5.56 Å². The predicted molar refractivity (Wildman–Crippen MR) is 135 cm³/mol. The lowest BCUT2D eigenvalue weighted by atomic mass is 9.96. The summed E-state index contributed by atoms with van der Waals surface area (Å²) in [5, 5.41) is 1.68. The highest BCUT2D eigenvalue weighted by atomic mass is 32.1. The molecule has 1 aromatic carbocycles. The molecule has 4 heterocycles. The van der Waals surface area contributed by atoms with Gasteiger partial charge in [-0.1, -0.05) is 12.1 Å². The Labute approximate surface area is 200 Å². The minimum atomic E-state index is -0.131. The third-order valence-corrected chi connectivity index (χ3v) is 7.70. The first-order valence-electron chi connectivity index (χ1n) is 11.5. The zero-order valence-corrected chi connectivity index (χ0v) is 20.3. The summed E-state index contributed by atoms with van der Waals surface area (Å²) in [6.45, 7) is 8.03. The molecule has 34 heavy (non-hydrogen) atoms. The number of thiophene rings is 1. The molecule has 5 rings (SSSR count). The number of aryl methyl sites for hydroxylation is 2. The van der Waals surface area contributed by atoms with Gasteiger partial charge in [0.2, 0.25) is 11.9 Å². The molecule has 1 aliphatic rings. The number of fused-ring (bicyclic) bond motifs is 2. The van der Waals surface area contributed by atoms with Crippen LogP contribution in [0.5, 0.6) is 0 Å². The molecular formula is C24H27N7O2S. The monoisotopic (exact) mass is 477 g/mol. The Morgan fingerprint density at radius 3 is 2.71 bits per heavy atom. The van der Waals surface area contributed by atoms with Gasteiger partial charge in [-0.3, -0.25) is 25.0 Å². The van der Waals surface area contributed by atoms with E-state index in [4.69, 9.17) is 0 Å². The maximum absolute atomic E-state index is 12.9. The third kappa shape index (κ3) is 3.87. The average Bonchev–Trinajstić information content (AvgIpc) is 3.16. The molecule has 2 N–H and O–H groups in total. The standard InChI is InChI=1S/C24H27N7O2S/c1-4-31-23(33)17-7-5-6-8-18(17)27-24(31)29-28-21(32)16-9-11-30(12-10-16)20-19-14(2)15(3)34-22(19)26-13-25-20/h5-8,13,16H,4,9-12H2,1-3H3,(H,27,29)(H,28,32). The van der Waals surface area contributed by atoms with Gasteiger partial charge in [-0.05, 0) is 51.3 Å². The predicted octanol–water partition coefficient (Wildman–Crippen LogP) is 3.40. The summed E-state index contributed by atoms with van der Waals surface area (Å²) in [6.07, 6.45) is 3.05. The van der Waals surface area contributed by atoms with Crippen LogP contribution in [0.2, 0.25) is 0 Å². The van der Waals surface area contributed by atoms with E-state index in [1.165, 1.54) is 15.0 Å². The fourth-order valence-electron chi connectivity index (χ4n) is 4.53. The van der Waals surface area contributed by atoms with Gasteiger partial charge in [0.1, 0.15) is 17.0 Å². The largest absolute Gasteiger partial charge is 0.356 e. The van der Waals surface area contributed by atoms with Crippen LogP contribution in [0.4, 0.5) is 11.8 Å². The summed E-state index contributed by atoms with van der Waals surface area (Å²) < 4.78 is 1.52. The van der Waals surface area contributed by atoms with Crippen molar-refractivity contribution in [3.05, 3.63) is 51.4 Å². The molecule has 0 unspecified atom stereocenters. The molecule has 0 aliphatic carbocycles. The molecule has 1 saturated heterocycles. The topological polar surface area (TPSA) is 105 Å². The van der Waals surface area contributed by atoms with E-state index in [1.807, 2.05) is 19.1 Å². The molecule has 10 heteroatoms. The van der Waals surface area contributed by atoms with Crippen molar-refractivity contribution in [2.45, 2.75) is 40.2 Å². The fourth-order valence-corrected chi connectivity index (χ4v) is 5.52. The molecule has 1 amide bonds. The van der Waals surface area contributed by atoms with Crippen molar-refractivity contribution in [3.8, 4) is 0 Å². The smallest absolute Gasteiger partial charge is 0.262 e. The lowest BCUT2D eigenvalue weighted by Gasteiger charge is -2.32. The van der Waals surface area contributed by atoms with E-state index in [1.54, 1.807) is 29.8 Å². The van der Waals surface area contributed by atoms with Crippen LogP contribution in [0.15, 0.2) is 35.4 Å². The van der Waals surface area contributed by atoms with E-state index < -0.39 is 0 Å². The highest BCUT2D eigenvalue weighted by molar-refractivity contribution is 7.18. The summed E-state index contributed by atoms with van der Waals surface area (Å²) >= 11 is 1.69. The van der Waals surface area contributed by atoms with Crippen LogP contribution in [0, 0.1) is 19.8 Å². The number of para-hydroxylation sites is 1. The van der Waals surface area contributed by atoms with Gasteiger partial charge < -0.3 is 4.90 Å². The first-order chi connectivity index (χ1) is 16.5. The van der Waals surface area contributed by atoms with E-state index in [0.29, 0.717) is 36.2 Å². The number of anilines is 2. The van der Waals surface area contributed by atoms with Gasteiger partial charge in [0.05, 0.1) is 16.3 Å². The van der Waals surface area contributed by atoms with E-state index in [9.17, 15) is 9.59 Å². The van der Waals surface area contributed by atoms with Gasteiger partial charge in [0.15, 0.2) is 0 Å². The second-order valence-corrected chi connectivity index (χ2v) is 9.74. The minimum absolute atomic E-state index is 0.0971. The van der Waals surface area contributed by atoms with Gasteiger partial charge >= 0.3 is 0 Å². The number of rotatable bonds is 5. The lowest BCUT2D eigenvalue weighted by Crippen LogP contribution is -2.43. The lowest BCUT2D eigenvalue weighted by molar-refractivity contribution is -0.125. The molecule has 9 nitrogen and oxygen atoms in total. The third-order valence-electron chi connectivity index (χ3n) is 6.59. The zero-order valence-electron chi connectivity index (χ0n) is 19.5. The van der Waals surface area contributed by atoms with E-state index >= 15 is 0 Å². The van der Waals surface area contributed by atoms with Crippen LogP contribution in [0.3, 0.4) is 0 Å². The zero-order chi connectivity index (χ0) is 23.8. The first-order valence-corrected chi connectivity index (χ1v) is 12.3. The molecule has 3 aromatic heterocycles. The van der Waals surface area contributed by atoms with Crippen molar-refractivity contribution < 1.29 is 4.79 Å². The quantitative estimate of drug-likeness (QED) is 0.425. The van der Waals surface area contributed by atoms with Crippen molar-refractivity contribution in [3.63, 3.8) is 0 Å². The number of hydrazine groups is 1. The molecule has 1 fully saturated rings. The van der Waals surface area contributed by atoms with Gasteiger partial charge in [-0.15, -0.1) is 11.3 Å². The Balaban J connectivity index is 1.27. The fraction of sp³-hybridized carbons (Fsp3) is 0.375. The number of hydrogen-bond donors (Lipinski definition) is 2. The Morgan fingerprint density at radius 2 is 1.94 bits per heavy atom. The van der Waals surface area contributed by atoms with Gasteiger partial charge in [0, 0.05) is 30.4 Å². The highest BCUT2D eigenvalue weighted by Gasteiger charge is 2.27. The molecule has 0 radical (unpaired) electrons. The molecule has 1 aliphatic heterocycles. The molecule has 0 bridgehead atoms. The highest BCUT2D eigenvalue weighted by Crippen LogP contribution is 2.35. The van der Waals surface area contributed by atoms with Crippen molar-refractivity contribution in [2.75, 3.05) is 23.4 Å². The molecule has 0 spiro atoms. The molecular weight excluding hydrogens is 450 g/mol. The SMILES string of the molecule is CCn1c(NNC(=O)C2CCN(c3ncnc4sc(C)c(C)c34)CC2)nc2ccccc2c1=O.